The predicted molar refractivity (Wildman–Crippen MR) is 104 cm³/mol. The van der Waals surface area contributed by atoms with Gasteiger partial charge in [0, 0.05) is 18.2 Å². The Morgan fingerprint density at radius 3 is 2.68 bits per heavy atom. The number of benzene rings is 2. The van der Waals surface area contributed by atoms with Crippen molar-refractivity contribution in [2.45, 2.75) is 13.5 Å². The van der Waals surface area contributed by atoms with E-state index in [1.165, 1.54) is 22.9 Å². The minimum atomic E-state index is -0.340. The van der Waals surface area contributed by atoms with Crippen LogP contribution in [0.15, 0.2) is 65.5 Å². The van der Waals surface area contributed by atoms with Crippen LogP contribution in [0.5, 0.6) is 5.75 Å². The third kappa shape index (κ3) is 5.26. The summed E-state index contributed by atoms with van der Waals surface area (Å²) in [6.07, 6.45) is 0. The van der Waals surface area contributed by atoms with Gasteiger partial charge in [0.05, 0.1) is 12.2 Å². The van der Waals surface area contributed by atoms with Crippen LogP contribution in [0.4, 0.5) is 4.39 Å². The van der Waals surface area contributed by atoms with E-state index in [0.717, 1.165) is 5.56 Å². The lowest BCUT2D eigenvalue weighted by atomic mass is 10.1. The summed E-state index contributed by atoms with van der Waals surface area (Å²) in [6.45, 7) is 2.28. The molecule has 0 atom stereocenters. The van der Waals surface area contributed by atoms with Crippen LogP contribution in [0, 0.1) is 12.7 Å². The van der Waals surface area contributed by atoms with E-state index >= 15 is 0 Å². The number of nitrogens with one attached hydrogen (secondary N) is 1. The molecular formula is C21H20FN3O3. The Morgan fingerprint density at radius 1 is 1.14 bits per heavy atom. The molecule has 0 fully saturated rings. The Bertz CT molecular complexity index is 1020. The van der Waals surface area contributed by atoms with Crippen LogP contribution in [-0.2, 0) is 11.3 Å². The average molecular weight is 381 g/mol. The van der Waals surface area contributed by atoms with Crippen LogP contribution in [-0.4, -0.2) is 28.8 Å². The molecule has 3 aromatic rings. The van der Waals surface area contributed by atoms with Gasteiger partial charge in [-0.1, -0.05) is 12.1 Å². The molecular weight excluding hydrogens is 361 g/mol. The van der Waals surface area contributed by atoms with Crippen molar-refractivity contribution in [1.82, 2.24) is 15.1 Å². The number of hydrogen-bond acceptors (Lipinski definition) is 4. The summed E-state index contributed by atoms with van der Waals surface area (Å²) in [5.74, 6) is -0.00283. The van der Waals surface area contributed by atoms with E-state index in [9.17, 15) is 14.0 Å². The van der Waals surface area contributed by atoms with E-state index in [0.29, 0.717) is 17.0 Å². The second-order valence-electron chi connectivity index (χ2n) is 6.24. The predicted octanol–water partition coefficient (Wildman–Crippen LogP) is 2.55. The lowest BCUT2D eigenvalue weighted by molar-refractivity contribution is -0.123. The first-order chi connectivity index (χ1) is 13.5. The maximum Gasteiger partial charge on any atom is 0.266 e. The monoisotopic (exact) mass is 381 g/mol. The first-order valence-electron chi connectivity index (χ1n) is 8.81. The van der Waals surface area contributed by atoms with Crippen molar-refractivity contribution in [2.24, 2.45) is 0 Å². The second-order valence-corrected chi connectivity index (χ2v) is 6.24. The van der Waals surface area contributed by atoms with E-state index < -0.39 is 0 Å². The van der Waals surface area contributed by atoms with E-state index in [1.807, 2.05) is 25.1 Å². The lowest BCUT2D eigenvalue weighted by Gasteiger charge is -2.10. The Kier molecular flexibility index (Phi) is 6.16. The van der Waals surface area contributed by atoms with Crippen molar-refractivity contribution >= 4 is 5.91 Å². The number of hydrogen-bond donors (Lipinski definition) is 1. The van der Waals surface area contributed by atoms with E-state index in [2.05, 4.69) is 10.4 Å². The third-order valence-electron chi connectivity index (χ3n) is 4.01. The summed E-state index contributed by atoms with van der Waals surface area (Å²) < 4.78 is 19.8. The van der Waals surface area contributed by atoms with Crippen LogP contribution in [0.2, 0.25) is 0 Å². The van der Waals surface area contributed by atoms with E-state index in [4.69, 9.17) is 4.74 Å². The number of rotatable bonds is 7. The summed E-state index contributed by atoms with van der Waals surface area (Å²) in [5.41, 5.74) is 2.01. The number of amides is 1. The average Bonchev–Trinajstić information content (AvgIpc) is 2.68. The second kappa shape index (κ2) is 8.94. The molecule has 144 valence electrons. The Hall–Kier alpha value is -3.48. The molecule has 28 heavy (non-hydrogen) atoms. The maximum atomic E-state index is 13.1. The number of carbonyl (C=O) groups is 1. The zero-order chi connectivity index (χ0) is 19.9. The van der Waals surface area contributed by atoms with Gasteiger partial charge in [0.25, 0.3) is 11.5 Å². The Labute approximate surface area is 161 Å². The van der Waals surface area contributed by atoms with Gasteiger partial charge in [-0.3, -0.25) is 9.59 Å². The maximum absolute atomic E-state index is 13.1. The van der Waals surface area contributed by atoms with Crippen molar-refractivity contribution in [2.75, 3.05) is 13.2 Å². The van der Waals surface area contributed by atoms with Gasteiger partial charge in [-0.05, 0) is 55.0 Å². The number of ether oxygens (including phenoxy) is 1. The highest BCUT2D eigenvalue weighted by molar-refractivity contribution is 5.77. The number of aryl methyl sites for hydroxylation is 1. The number of aromatic nitrogens is 2. The van der Waals surface area contributed by atoms with Gasteiger partial charge < -0.3 is 10.1 Å². The molecule has 6 nitrogen and oxygen atoms in total. The number of halogens is 1. The molecule has 0 aliphatic rings. The fraction of sp³-hybridized carbons (Fsp3) is 0.190. The molecule has 3 rings (SSSR count). The summed E-state index contributed by atoms with van der Waals surface area (Å²) >= 11 is 0. The quantitative estimate of drug-likeness (QED) is 0.683. The van der Waals surface area contributed by atoms with Crippen LogP contribution in [0.25, 0.3) is 11.3 Å². The molecule has 0 unspecified atom stereocenters. The van der Waals surface area contributed by atoms with E-state index in [-0.39, 0.29) is 37.0 Å². The van der Waals surface area contributed by atoms with Crippen LogP contribution >= 0.6 is 0 Å². The lowest BCUT2D eigenvalue weighted by Crippen LogP contribution is -2.34. The third-order valence-corrected chi connectivity index (χ3v) is 4.01. The molecule has 0 bridgehead atoms. The molecule has 1 amide bonds. The fourth-order valence-electron chi connectivity index (χ4n) is 2.59. The highest BCUT2D eigenvalue weighted by atomic mass is 19.1. The molecule has 0 spiro atoms. The van der Waals surface area contributed by atoms with Gasteiger partial charge in [-0.25, -0.2) is 9.07 Å². The van der Waals surface area contributed by atoms with Gasteiger partial charge >= 0.3 is 0 Å². The van der Waals surface area contributed by atoms with Crippen molar-refractivity contribution < 1.29 is 13.9 Å². The smallest absolute Gasteiger partial charge is 0.266 e. The molecule has 0 aliphatic carbocycles. The van der Waals surface area contributed by atoms with Crippen LogP contribution < -0.4 is 15.6 Å². The first-order valence-corrected chi connectivity index (χ1v) is 8.81. The number of nitrogens with zero attached hydrogens (tertiary/aromatic N) is 2. The summed E-state index contributed by atoms with van der Waals surface area (Å²) in [6, 6.07) is 16.3. The van der Waals surface area contributed by atoms with Gasteiger partial charge in [-0.2, -0.15) is 5.10 Å². The van der Waals surface area contributed by atoms with Gasteiger partial charge in [0.15, 0.2) is 6.61 Å². The summed E-state index contributed by atoms with van der Waals surface area (Å²) in [7, 11) is 0. The Morgan fingerprint density at radius 2 is 1.93 bits per heavy atom. The van der Waals surface area contributed by atoms with Gasteiger partial charge in [-0.15, -0.1) is 0 Å². The topological polar surface area (TPSA) is 73.2 Å². The van der Waals surface area contributed by atoms with Gasteiger partial charge in [0.1, 0.15) is 11.6 Å². The van der Waals surface area contributed by atoms with Crippen molar-refractivity contribution in [3.8, 4) is 17.0 Å². The van der Waals surface area contributed by atoms with Crippen LogP contribution in [0.3, 0.4) is 0 Å². The zero-order valence-corrected chi connectivity index (χ0v) is 15.4. The molecule has 1 N–H and O–H groups in total. The normalized spacial score (nSPS) is 10.5. The van der Waals surface area contributed by atoms with Crippen LogP contribution in [0.1, 0.15) is 5.56 Å². The SMILES string of the molecule is Cc1cccc(OCC(=O)NCCn2nc(-c3ccc(F)cc3)ccc2=O)c1. The molecule has 0 aliphatic heterocycles. The largest absolute Gasteiger partial charge is 0.484 e. The van der Waals surface area contributed by atoms with E-state index in [1.54, 1.807) is 24.3 Å². The number of carbonyl (C=O) groups excluding carboxylic acids is 1. The molecule has 2 aromatic carbocycles. The highest BCUT2D eigenvalue weighted by Crippen LogP contribution is 2.15. The molecule has 0 radical (unpaired) electrons. The molecule has 0 saturated carbocycles. The standard InChI is InChI=1S/C21H20FN3O3/c1-15-3-2-4-18(13-15)28-14-20(26)23-11-12-25-21(27)10-9-19(24-25)16-5-7-17(22)8-6-16/h2-10,13H,11-12,14H2,1H3,(H,23,26). The van der Waals surface area contributed by atoms with Gasteiger partial charge in [0.2, 0.25) is 0 Å². The first kappa shape index (κ1) is 19.3. The van der Waals surface area contributed by atoms with Crippen molar-refractivity contribution in [1.29, 1.82) is 0 Å². The fourth-order valence-corrected chi connectivity index (χ4v) is 2.59. The molecule has 1 heterocycles. The minimum Gasteiger partial charge on any atom is -0.484 e. The highest BCUT2D eigenvalue weighted by Gasteiger charge is 2.06. The van der Waals surface area contributed by atoms with Crippen molar-refractivity contribution in [3.63, 3.8) is 0 Å². The summed E-state index contributed by atoms with van der Waals surface area (Å²) in [5, 5.41) is 6.97. The molecule has 7 heteroatoms. The molecule has 1 aromatic heterocycles. The zero-order valence-electron chi connectivity index (χ0n) is 15.4. The minimum absolute atomic E-state index is 0.110. The van der Waals surface area contributed by atoms with Crippen molar-refractivity contribution in [3.05, 3.63) is 82.4 Å². The summed E-state index contributed by atoms with van der Waals surface area (Å²) in [4.78, 5) is 23.9. The Balaban J connectivity index is 1.54. The molecule has 0 saturated heterocycles.